The molecule has 0 bridgehead atoms. The molecule has 30 heavy (non-hydrogen) atoms. The molecule has 0 fully saturated rings. The van der Waals surface area contributed by atoms with Crippen molar-refractivity contribution < 1.29 is 9.32 Å². The first-order valence-corrected chi connectivity index (χ1v) is 9.31. The van der Waals surface area contributed by atoms with E-state index >= 15 is 0 Å². The highest BCUT2D eigenvalue weighted by atomic mass is 16.5. The van der Waals surface area contributed by atoms with Gasteiger partial charge in [0.05, 0.1) is 10.9 Å². The van der Waals surface area contributed by atoms with Crippen molar-refractivity contribution in [2.24, 2.45) is 0 Å². The largest absolute Gasteiger partial charge is 0.337 e. The van der Waals surface area contributed by atoms with Crippen LogP contribution in [0, 0.1) is 13.8 Å². The Labute approximate surface area is 170 Å². The summed E-state index contributed by atoms with van der Waals surface area (Å²) in [5, 5.41) is 6.81. The van der Waals surface area contributed by atoms with Crippen molar-refractivity contribution in [1.29, 1.82) is 0 Å². The van der Waals surface area contributed by atoms with E-state index in [0.29, 0.717) is 22.4 Å². The molecule has 0 unspecified atom stereocenters. The summed E-state index contributed by atoms with van der Waals surface area (Å²) in [5.41, 5.74) is 0.830. The molecule has 0 atom stereocenters. The number of fused-ring (bicyclic) bond motifs is 1. The van der Waals surface area contributed by atoms with Gasteiger partial charge in [-0.2, -0.15) is 4.98 Å². The Balaban J connectivity index is 1.76. The Morgan fingerprint density at radius 1 is 1.03 bits per heavy atom. The predicted molar refractivity (Wildman–Crippen MR) is 110 cm³/mol. The molecular weight excluding hydrogens is 386 g/mol. The van der Waals surface area contributed by atoms with Crippen LogP contribution in [0.4, 0.5) is 5.69 Å². The summed E-state index contributed by atoms with van der Waals surface area (Å²) in [7, 11) is 0. The van der Waals surface area contributed by atoms with Crippen molar-refractivity contribution in [3.63, 3.8) is 0 Å². The van der Waals surface area contributed by atoms with Crippen LogP contribution < -0.4 is 16.6 Å². The van der Waals surface area contributed by atoms with Crippen molar-refractivity contribution >= 4 is 22.5 Å². The number of anilines is 1. The maximum Gasteiger partial charge on any atom is 0.332 e. The molecule has 0 saturated heterocycles. The van der Waals surface area contributed by atoms with E-state index in [1.165, 1.54) is 4.57 Å². The van der Waals surface area contributed by atoms with E-state index in [-0.39, 0.29) is 24.9 Å². The van der Waals surface area contributed by atoms with Crippen molar-refractivity contribution in [3.8, 4) is 0 Å². The number of amides is 1. The lowest BCUT2D eigenvalue weighted by Crippen LogP contribution is -2.42. The van der Waals surface area contributed by atoms with Crippen molar-refractivity contribution in [2.75, 3.05) is 5.32 Å². The normalized spacial score (nSPS) is 11.0. The Bertz CT molecular complexity index is 1370. The van der Waals surface area contributed by atoms with Gasteiger partial charge in [-0.15, -0.1) is 0 Å². The zero-order valence-electron chi connectivity index (χ0n) is 16.5. The summed E-state index contributed by atoms with van der Waals surface area (Å²) in [6.45, 7) is 3.09. The zero-order chi connectivity index (χ0) is 21.3. The van der Waals surface area contributed by atoms with Crippen molar-refractivity contribution in [2.45, 2.75) is 26.9 Å². The van der Waals surface area contributed by atoms with E-state index in [2.05, 4.69) is 15.5 Å². The molecule has 0 radical (unpaired) electrons. The second kappa shape index (κ2) is 7.78. The number of benzene rings is 2. The second-order valence-corrected chi connectivity index (χ2v) is 6.88. The van der Waals surface area contributed by atoms with Gasteiger partial charge in [-0.25, -0.2) is 4.79 Å². The highest BCUT2D eigenvalue weighted by Crippen LogP contribution is 2.14. The van der Waals surface area contributed by atoms with E-state index in [9.17, 15) is 14.4 Å². The lowest BCUT2D eigenvalue weighted by atomic mass is 10.2. The Morgan fingerprint density at radius 3 is 2.50 bits per heavy atom. The molecule has 152 valence electrons. The van der Waals surface area contributed by atoms with Gasteiger partial charge in [0.25, 0.3) is 5.56 Å². The third kappa shape index (κ3) is 3.64. The van der Waals surface area contributed by atoms with Crippen LogP contribution in [-0.4, -0.2) is 25.2 Å². The lowest BCUT2D eigenvalue weighted by molar-refractivity contribution is -0.116. The third-order valence-electron chi connectivity index (χ3n) is 4.72. The molecule has 0 spiro atoms. The Morgan fingerprint density at radius 2 is 1.77 bits per heavy atom. The topological polar surface area (TPSA) is 112 Å². The van der Waals surface area contributed by atoms with Crippen LogP contribution in [0.5, 0.6) is 0 Å². The van der Waals surface area contributed by atoms with Crippen LogP contribution in [-0.2, 0) is 17.9 Å². The number of nitrogens with one attached hydrogen (secondary N) is 1. The van der Waals surface area contributed by atoms with Crippen LogP contribution >= 0.6 is 0 Å². The number of aryl methyl sites for hydroxylation is 2. The van der Waals surface area contributed by atoms with Gasteiger partial charge < -0.3 is 9.84 Å². The SMILES string of the molecule is Cc1noc(Cn2c(=O)c3ccccc3n(CC(=O)Nc3ccccc3C)c2=O)n1. The maximum absolute atomic E-state index is 13.1. The highest BCUT2D eigenvalue weighted by Gasteiger charge is 2.17. The molecule has 0 saturated carbocycles. The molecular formula is C21H19N5O4. The smallest absolute Gasteiger partial charge is 0.332 e. The monoisotopic (exact) mass is 405 g/mol. The molecule has 9 heteroatoms. The van der Waals surface area contributed by atoms with Gasteiger partial charge in [-0.1, -0.05) is 35.5 Å². The molecule has 4 aromatic rings. The number of hydrogen-bond acceptors (Lipinski definition) is 6. The third-order valence-corrected chi connectivity index (χ3v) is 4.72. The molecule has 0 aliphatic rings. The van der Waals surface area contributed by atoms with Crippen LogP contribution in [0.2, 0.25) is 0 Å². The molecule has 1 amide bonds. The standard InChI is InChI=1S/C21H19N5O4/c1-13-7-3-5-9-16(13)23-18(27)11-25-17-10-6-4-8-15(17)20(28)26(21(25)29)12-19-22-14(2)24-30-19/h3-10H,11-12H2,1-2H3,(H,23,27). The van der Waals surface area contributed by atoms with Gasteiger partial charge in [0.1, 0.15) is 13.1 Å². The average molecular weight is 405 g/mol. The Kier molecular flexibility index (Phi) is 5.01. The van der Waals surface area contributed by atoms with E-state index in [1.54, 1.807) is 37.3 Å². The molecule has 2 heterocycles. The van der Waals surface area contributed by atoms with Gasteiger partial charge in [0.15, 0.2) is 5.82 Å². The number of rotatable bonds is 5. The van der Waals surface area contributed by atoms with Crippen molar-refractivity contribution in [1.82, 2.24) is 19.3 Å². The van der Waals surface area contributed by atoms with Gasteiger partial charge in [0, 0.05) is 5.69 Å². The van der Waals surface area contributed by atoms with E-state index in [4.69, 9.17) is 4.52 Å². The fourth-order valence-electron chi connectivity index (χ4n) is 3.25. The number of hydrogen-bond donors (Lipinski definition) is 1. The molecule has 9 nitrogen and oxygen atoms in total. The number of carbonyl (C=O) groups excluding carboxylic acids is 1. The molecule has 1 N–H and O–H groups in total. The summed E-state index contributed by atoms with van der Waals surface area (Å²) in [4.78, 5) is 42.8. The lowest BCUT2D eigenvalue weighted by Gasteiger charge is -2.14. The first kappa shape index (κ1) is 19.3. The van der Waals surface area contributed by atoms with Gasteiger partial charge in [-0.3, -0.25) is 18.7 Å². The first-order chi connectivity index (χ1) is 14.4. The number of para-hydroxylation sites is 2. The van der Waals surface area contributed by atoms with Gasteiger partial charge >= 0.3 is 5.69 Å². The fourth-order valence-corrected chi connectivity index (χ4v) is 3.25. The zero-order valence-corrected chi connectivity index (χ0v) is 16.5. The second-order valence-electron chi connectivity index (χ2n) is 6.88. The predicted octanol–water partition coefficient (Wildman–Crippen LogP) is 1.85. The Hall–Kier alpha value is -4.01. The van der Waals surface area contributed by atoms with E-state index in [1.807, 2.05) is 25.1 Å². The summed E-state index contributed by atoms with van der Waals surface area (Å²) in [5.74, 6) is 0.157. The first-order valence-electron chi connectivity index (χ1n) is 9.31. The average Bonchev–Trinajstić information content (AvgIpc) is 3.15. The minimum Gasteiger partial charge on any atom is -0.337 e. The van der Waals surface area contributed by atoms with Crippen LogP contribution in [0.3, 0.4) is 0 Å². The van der Waals surface area contributed by atoms with E-state index in [0.717, 1.165) is 10.1 Å². The summed E-state index contributed by atoms with van der Waals surface area (Å²) < 4.78 is 7.32. The summed E-state index contributed by atoms with van der Waals surface area (Å²) in [6, 6.07) is 14.0. The van der Waals surface area contributed by atoms with Gasteiger partial charge in [0.2, 0.25) is 11.8 Å². The van der Waals surface area contributed by atoms with Crippen LogP contribution in [0.25, 0.3) is 10.9 Å². The molecule has 0 aliphatic heterocycles. The van der Waals surface area contributed by atoms with Crippen LogP contribution in [0.1, 0.15) is 17.3 Å². The molecule has 0 aliphatic carbocycles. The van der Waals surface area contributed by atoms with E-state index < -0.39 is 11.2 Å². The minimum absolute atomic E-state index is 0.137. The number of nitrogens with zero attached hydrogens (tertiary/aromatic N) is 4. The number of carbonyl (C=O) groups is 1. The fraction of sp³-hybridized carbons (Fsp3) is 0.190. The molecule has 2 aromatic carbocycles. The van der Waals surface area contributed by atoms with Gasteiger partial charge in [-0.05, 0) is 37.6 Å². The maximum atomic E-state index is 13.1. The highest BCUT2D eigenvalue weighted by molar-refractivity contribution is 5.92. The molecule has 4 rings (SSSR count). The minimum atomic E-state index is -0.630. The number of aromatic nitrogens is 4. The quantitative estimate of drug-likeness (QED) is 0.542. The molecule has 2 aromatic heterocycles. The van der Waals surface area contributed by atoms with Crippen LogP contribution in [0.15, 0.2) is 62.6 Å². The summed E-state index contributed by atoms with van der Waals surface area (Å²) in [6.07, 6.45) is 0. The summed E-state index contributed by atoms with van der Waals surface area (Å²) >= 11 is 0. The van der Waals surface area contributed by atoms with Crippen molar-refractivity contribution in [3.05, 3.63) is 86.6 Å².